The van der Waals surface area contributed by atoms with Gasteiger partial charge >= 0.3 is 0 Å². The van der Waals surface area contributed by atoms with Crippen LogP contribution in [-0.4, -0.2) is 11.9 Å². The molecule has 1 unspecified atom stereocenters. The van der Waals surface area contributed by atoms with Gasteiger partial charge in [0.2, 0.25) is 5.90 Å². The van der Waals surface area contributed by atoms with Crippen molar-refractivity contribution < 1.29 is 4.74 Å². The Balaban J connectivity index is 0.943. The summed E-state index contributed by atoms with van der Waals surface area (Å²) in [6.45, 7) is 4.50. The van der Waals surface area contributed by atoms with E-state index in [0.717, 1.165) is 29.5 Å². The molecule has 0 saturated carbocycles. The van der Waals surface area contributed by atoms with Gasteiger partial charge in [-0.1, -0.05) is 140 Å². The third-order valence-corrected chi connectivity index (χ3v) is 11.3. The highest BCUT2D eigenvalue weighted by molar-refractivity contribution is 5.98. The quantitative estimate of drug-likeness (QED) is 0.118. The van der Waals surface area contributed by atoms with Crippen molar-refractivity contribution in [1.29, 1.82) is 5.41 Å². The molecule has 57 heavy (non-hydrogen) atoms. The summed E-state index contributed by atoms with van der Waals surface area (Å²) in [6.07, 6.45) is 10.7. The van der Waals surface area contributed by atoms with Crippen LogP contribution in [0.1, 0.15) is 41.2 Å². The van der Waals surface area contributed by atoms with Crippen molar-refractivity contribution in [2.45, 2.75) is 32.7 Å². The van der Waals surface area contributed by atoms with Crippen LogP contribution in [0.25, 0.3) is 44.5 Å². The lowest BCUT2D eigenvalue weighted by Gasteiger charge is -2.33. The summed E-state index contributed by atoms with van der Waals surface area (Å²) in [7, 11) is 0. The molecule has 3 heteroatoms. The molecule has 0 aromatic heterocycles. The summed E-state index contributed by atoms with van der Waals surface area (Å²) in [6, 6.07) is 60.1. The number of hydrogen-bond donors (Lipinski definition) is 1. The fraction of sp³-hybridized carbons (Fsp3) is 0.0926. The van der Waals surface area contributed by atoms with Gasteiger partial charge in [0.05, 0.1) is 6.04 Å². The van der Waals surface area contributed by atoms with Crippen LogP contribution in [0.4, 0.5) is 11.4 Å². The molecule has 1 atom stereocenters. The minimum atomic E-state index is 0.140. The van der Waals surface area contributed by atoms with E-state index in [9.17, 15) is 0 Å². The minimum absolute atomic E-state index is 0.140. The maximum Gasteiger partial charge on any atom is 0.219 e. The first-order valence-corrected chi connectivity index (χ1v) is 19.7. The number of benzene rings is 7. The third-order valence-electron chi connectivity index (χ3n) is 11.3. The molecule has 7 aromatic carbocycles. The zero-order chi connectivity index (χ0) is 38.7. The summed E-state index contributed by atoms with van der Waals surface area (Å²) >= 11 is 0. The molecule has 0 fully saturated rings. The maximum atomic E-state index is 8.43. The molecule has 276 valence electrons. The predicted octanol–water partition coefficient (Wildman–Crippen LogP) is 13.9. The number of nitrogens with one attached hydrogen (secondary N) is 1. The van der Waals surface area contributed by atoms with Gasteiger partial charge in [-0.3, -0.25) is 5.41 Å². The van der Waals surface area contributed by atoms with Gasteiger partial charge in [-0.25, -0.2) is 0 Å². The summed E-state index contributed by atoms with van der Waals surface area (Å²) in [5.41, 5.74) is 18.2. The van der Waals surface area contributed by atoms with E-state index in [0.29, 0.717) is 5.75 Å². The average Bonchev–Trinajstić information content (AvgIpc) is 3.60. The zero-order valence-electron chi connectivity index (χ0n) is 32.3. The maximum absolute atomic E-state index is 8.43. The summed E-state index contributed by atoms with van der Waals surface area (Å²) in [5, 5.41) is 8.43. The normalized spacial score (nSPS) is 14.4. The molecule has 0 amide bonds. The highest BCUT2D eigenvalue weighted by atomic mass is 16.5. The molecule has 0 aliphatic heterocycles. The Labute approximate surface area is 336 Å². The van der Waals surface area contributed by atoms with E-state index in [1.165, 1.54) is 67.0 Å². The van der Waals surface area contributed by atoms with Crippen LogP contribution in [0, 0.1) is 12.3 Å². The smallest absolute Gasteiger partial charge is 0.219 e. The second kappa shape index (κ2) is 15.6. The minimum Gasteiger partial charge on any atom is -0.439 e. The van der Waals surface area contributed by atoms with Gasteiger partial charge in [0.15, 0.2) is 0 Å². The standard InChI is InChI=1S/C54H44N2O/c1-37-33-44(41-25-30-49(31-26-41)56(47-18-10-5-11-19-47)48-28-23-40(24-29-48)39-13-6-3-7-14-39)27-32-51(37)53-36-46-22-21-45(35-52(46)38(53)2)43-17-12-20-50(34-43)57-54(55)42-15-8-4-9-16-42/h3-18,20-35,47,55H,19,36H2,1-2H3. The topological polar surface area (TPSA) is 36.3 Å². The molecule has 2 aliphatic rings. The van der Waals surface area contributed by atoms with Gasteiger partial charge in [0, 0.05) is 16.9 Å². The Kier molecular flexibility index (Phi) is 9.80. The van der Waals surface area contributed by atoms with Crippen LogP contribution in [0.2, 0.25) is 0 Å². The van der Waals surface area contributed by atoms with Crippen molar-refractivity contribution in [3.05, 3.63) is 222 Å². The lowest BCUT2D eigenvalue weighted by atomic mass is 9.93. The first kappa shape index (κ1) is 35.7. The van der Waals surface area contributed by atoms with Crippen LogP contribution in [-0.2, 0) is 6.42 Å². The summed E-state index contributed by atoms with van der Waals surface area (Å²) in [4.78, 5) is 2.45. The Morgan fingerprint density at radius 3 is 1.84 bits per heavy atom. The lowest BCUT2D eigenvalue weighted by molar-refractivity contribution is 0.548. The van der Waals surface area contributed by atoms with Gasteiger partial charge in [0.25, 0.3) is 0 Å². The van der Waals surface area contributed by atoms with E-state index in [2.05, 4.69) is 164 Å². The Bertz CT molecular complexity index is 2670. The van der Waals surface area contributed by atoms with Gasteiger partial charge in [-0.05, 0) is 148 Å². The number of ether oxygens (including phenoxy) is 1. The highest BCUT2D eigenvalue weighted by Crippen LogP contribution is 2.42. The molecule has 0 radical (unpaired) electrons. The molecule has 2 aliphatic carbocycles. The zero-order valence-corrected chi connectivity index (χ0v) is 32.3. The first-order chi connectivity index (χ1) is 28.0. The van der Waals surface area contributed by atoms with E-state index < -0.39 is 0 Å². The number of allylic oxidation sites excluding steroid dienone is 4. The molecule has 0 heterocycles. The van der Waals surface area contributed by atoms with Crippen LogP contribution in [0.15, 0.2) is 194 Å². The number of hydrogen-bond acceptors (Lipinski definition) is 3. The second-order valence-electron chi connectivity index (χ2n) is 15.0. The van der Waals surface area contributed by atoms with Crippen molar-refractivity contribution in [3.8, 4) is 39.1 Å². The molecule has 0 saturated heterocycles. The molecule has 9 rings (SSSR count). The summed E-state index contributed by atoms with van der Waals surface area (Å²) < 4.78 is 5.95. The number of rotatable bonds is 9. The fourth-order valence-electron chi connectivity index (χ4n) is 8.28. The van der Waals surface area contributed by atoms with Crippen molar-refractivity contribution >= 4 is 28.4 Å². The van der Waals surface area contributed by atoms with Gasteiger partial charge < -0.3 is 9.64 Å². The number of aryl methyl sites for hydroxylation is 1. The van der Waals surface area contributed by atoms with Crippen LogP contribution in [0.5, 0.6) is 5.75 Å². The lowest BCUT2D eigenvalue weighted by Crippen LogP contribution is -2.29. The van der Waals surface area contributed by atoms with Crippen molar-refractivity contribution in [1.82, 2.24) is 0 Å². The third kappa shape index (κ3) is 7.40. The van der Waals surface area contributed by atoms with E-state index in [4.69, 9.17) is 10.1 Å². The Morgan fingerprint density at radius 2 is 1.16 bits per heavy atom. The number of fused-ring (bicyclic) bond motifs is 1. The van der Waals surface area contributed by atoms with Crippen LogP contribution >= 0.6 is 0 Å². The largest absolute Gasteiger partial charge is 0.439 e. The second-order valence-corrected chi connectivity index (χ2v) is 15.0. The highest BCUT2D eigenvalue weighted by Gasteiger charge is 2.23. The van der Waals surface area contributed by atoms with Crippen molar-refractivity contribution in [2.24, 2.45) is 0 Å². The van der Waals surface area contributed by atoms with E-state index >= 15 is 0 Å². The molecule has 3 nitrogen and oxygen atoms in total. The van der Waals surface area contributed by atoms with Gasteiger partial charge in [0.1, 0.15) is 5.75 Å². The molecule has 7 aromatic rings. The summed E-state index contributed by atoms with van der Waals surface area (Å²) in [5.74, 6) is 0.798. The van der Waals surface area contributed by atoms with Gasteiger partial charge in [-0.15, -0.1) is 0 Å². The average molecular weight is 737 g/mol. The van der Waals surface area contributed by atoms with E-state index in [1.54, 1.807) is 0 Å². The van der Waals surface area contributed by atoms with Gasteiger partial charge in [-0.2, -0.15) is 0 Å². The Hall–Kier alpha value is -6.97. The molecule has 0 bridgehead atoms. The van der Waals surface area contributed by atoms with Crippen LogP contribution in [0.3, 0.4) is 0 Å². The van der Waals surface area contributed by atoms with Crippen molar-refractivity contribution in [2.75, 3.05) is 4.90 Å². The first-order valence-electron chi connectivity index (χ1n) is 19.7. The monoisotopic (exact) mass is 736 g/mol. The number of anilines is 2. The molecule has 0 spiro atoms. The molecule has 1 N–H and O–H groups in total. The fourth-order valence-corrected chi connectivity index (χ4v) is 8.28. The SMILES string of the molecule is CC1=C(c2ccc(-c3ccc(N(c4ccc(-c5ccccc5)cc4)C4C=CC=CC4)cc3)cc2C)Cc2ccc(-c3cccc(OC(=N)c4ccccc4)c3)cc21. The molecular weight excluding hydrogens is 693 g/mol. The Morgan fingerprint density at radius 1 is 0.561 bits per heavy atom. The van der Waals surface area contributed by atoms with E-state index in [-0.39, 0.29) is 11.9 Å². The van der Waals surface area contributed by atoms with Crippen molar-refractivity contribution in [3.63, 3.8) is 0 Å². The van der Waals surface area contributed by atoms with Crippen LogP contribution < -0.4 is 9.64 Å². The van der Waals surface area contributed by atoms with E-state index in [1.807, 2.05) is 48.5 Å². The predicted molar refractivity (Wildman–Crippen MR) is 239 cm³/mol. The molecular formula is C54H44N2O. The number of nitrogens with zero attached hydrogens (tertiary/aromatic N) is 1.